The highest BCUT2D eigenvalue weighted by molar-refractivity contribution is 8.00. The Kier molecular flexibility index (Phi) is 2.98. The van der Waals surface area contributed by atoms with Crippen LogP contribution in [-0.4, -0.2) is 9.97 Å². The summed E-state index contributed by atoms with van der Waals surface area (Å²) in [6, 6.07) is 11.3. The molecular weight excluding hydrogens is 224 g/mol. The van der Waals surface area contributed by atoms with Gasteiger partial charge < -0.3 is 0 Å². The third-order valence-electron chi connectivity index (χ3n) is 2.04. The van der Waals surface area contributed by atoms with E-state index in [0.29, 0.717) is 0 Å². The molecule has 0 bridgehead atoms. The minimum absolute atomic E-state index is 0.748. The highest BCUT2D eigenvalue weighted by atomic mass is 32.2. The standard InChI is InChI=1S/C11H10N2S2/c14-11(15,9-5-1-3-7-12-9)10-6-2-4-8-13-10/h1-8,14-15H. The molecule has 0 aliphatic carbocycles. The van der Waals surface area contributed by atoms with Gasteiger partial charge in [-0.3, -0.25) is 9.97 Å². The molecule has 2 nitrogen and oxygen atoms in total. The normalized spacial score (nSPS) is 11.3. The fourth-order valence-electron chi connectivity index (χ4n) is 1.27. The van der Waals surface area contributed by atoms with Gasteiger partial charge in [0.05, 0.1) is 11.4 Å². The fraction of sp³-hybridized carbons (Fsp3) is 0.0909. The lowest BCUT2D eigenvalue weighted by Gasteiger charge is -2.20. The van der Waals surface area contributed by atoms with E-state index >= 15 is 0 Å². The molecule has 0 atom stereocenters. The first kappa shape index (κ1) is 10.5. The number of hydrogen-bond donors (Lipinski definition) is 2. The summed E-state index contributed by atoms with van der Waals surface area (Å²) in [7, 11) is 0. The van der Waals surface area contributed by atoms with Gasteiger partial charge in [-0.1, -0.05) is 12.1 Å². The second-order valence-electron chi connectivity index (χ2n) is 3.10. The van der Waals surface area contributed by atoms with Crippen LogP contribution in [0.25, 0.3) is 0 Å². The Labute approximate surface area is 99.6 Å². The third kappa shape index (κ3) is 2.16. The van der Waals surface area contributed by atoms with Crippen LogP contribution in [0.2, 0.25) is 0 Å². The number of rotatable bonds is 2. The Morgan fingerprint density at radius 1 is 0.800 bits per heavy atom. The van der Waals surface area contributed by atoms with Gasteiger partial charge in [-0.05, 0) is 24.3 Å². The van der Waals surface area contributed by atoms with Crippen molar-refractivity contribution in [3.63, 3.8) is 0 Å². The second kappa shape index (κ2) is 4.24. The van der Waals surface area contributed by atoms with Gasteiger partial charge in [0.1, 0.15) is 4.08 Å². The van der Waals surface area contributed by atoms with Gasteiger partial charge in [-0.25, -0.2) is 0 Å². The zero-order valence-corrected chi connectivity index (χ0v) is 9.70. The van der Waals surface area contributed by atoms with Crippen molar-refractivity contribution in [3.05, 3.63) is 60.2 Å². The van der Waals surface area contributed by atoms with Crippen LogP contribution in [0.4, 0.5) is 0 Å². The second-order valence-corrected chi connectivity index (χ2v) is 4.80. The van der Waals surface area contributed by atoms with Crippen LogP contribution in [0.5, 0.6) is 0 Å². The van der Waals surface area contributed by atoms with E-state index in [9.17, 15) is 0 Å². The van der Waals surface area contributed by atoms with Gasteiger partial charge in [-0.2, -0.15) is 0 Å². The third-order valence-corrected chi connectivity index (χ3v) is 2.96. The van der Waals surface area contributed by atoms with E-state index in [1.807, 2.05) is 36.4 Å². The Morgan fingerprint density at radius 2 is 1.27 bits per heavy atom. The molecule has 0 amide bonds. The summed E-state index contributed by atoms with van der Waals surface area (Å²) in [5.74, 6) is 0. The Balaban J connectivity index is 2.44. The van der Waals surface area contributed by atoms with Crippen molar-refractivity contribution >= 4 is 25.3 Å². The number of aromatic nitrogens is 2. The van der Waals surface area contributed by atoms with E-state index < -0.39 is 4.08 Å². The molecule has 2 rings (SSSR count). The smallest absolute Gasteiger partial charge is 0.140 e. The Morgan fingerprint density at radius 3 is 1.60 bits per heavy atom. The minimum atomic E-state index is -0.748. The summed E-state index contributed by atoms with van der Waals surface area (Å²) < 4.78 is -0.748. The zero-order chi connectivity index (χ0) is 10.7. The lowest BCUT2D eigenvalue weighted by molar-refractivity contribution is 0.947. The number of nitrogens with zero attached hydrogens (tertiary/aromatic N) is 2. The van der Waals surface area contributed by atoms with Crippen molar-refractivity contribution in [1.29, 1.82) is 0 Å². The summed E-state index contributed by atoms with van der Waals surface area (Å²) in [5, 5.41) is 0. The monoisotopic (exact) mass is 234 g/mol. The molecule has 0 aliphatic heterocycles. The fourth-order valence-corrected chi connectivity index (χ4v) is 1.80. The predicted molar refractivity (Wildman–Crippen MR) is 67.2 cm³/mol. The van der Waals surface area contributed by atoms with Crippen molar-refractivity contribution < 1.29 is 0 Å². The molecule has 0 aromatic carbocycles. The average molecular weight is 234 g/mol. The van der Waals surface area contributed by atoms with Gasteiger partial charge >= 0.3 is 0 Å². The molecule has 2 aromatic heterocycles. The van der Waals surface area contributed by atoms with Crippen molar-refractivity contribution in [2.24, 2.45) is 0 Å². The van der Waals surface area contributed by atoms with Gasteiger partial charge in [-0.15, -0.1) is 25.3 Å². The van der Waals surface area contributed by atoms with E-state index in [-0.39, 0.29) is 0 Å². The molecular formula is C11H10N2S2. The SMILES string of the molecule is SC(S)(c1ccccn1)c1ccccn1. The Bertz CT molecular complexity index is 387. The number of pyridine rings is 2. The molecule has 2 heterocycles. The summed E-state index contributed by atoms with van der Waals surface area (Å²) in [6.07, 6.45) is 3.44. The molecule has 2 aromatic rings. The molecule has 76 valence electrons. The topological polar surface area (TPSA) is 25.8 Å². The van der Waals surface area contributed by atoms with Gasteiger partial charge in [0.2, 0.25) is 0 Å². The van der Waals surface area contributed by atoms with Crippen molar-refractivity contribution in [3.8, 4) is 0 Å². The largest absolute Gasteiger partial charge is 0.258 e. The summed E-state index contributed by atoms with van der Waals surface area (Å²) in [6.45, 7) is 0. The Hall–Kier alpha value is -1.00. The molecule has 0 aliphatic rings. The maximum absolute atomic E-state index is 4.50. The minimum Gasteiger partial charge on any atom is -0.258 e. The molecule has 15 heavy (non-hydrogen) atoms. The van der Waals surface area contributed by atoms with Gasteiger partial charge in [0.25, 0.3) is 0 Å². The quantitative estimate of drug-likeness (QED) is 0.617. The first-order valence-electron chi connectivity index (χ1n) is 4.49. The van der Waals surface area contributed by atoms with E-state index in [1.54, 1.807) is 12.4 Å². The molecule has 0 spiro atoms. The van der Waals surface area contributed by atoms with E-state index in [2.05, 4.69) is 35.2 Å². The van der Waals surface area contributed by atoms with Crippen LogP contribution in [0.1, 0.15) is 11.4 Å². The lowest BCUT2D eigenvalue weighted by Crippen LogP contribution is -2.15. The van der Waals surface area contributed by atoms with Gasteiger partial charge in [0.15, 0.2) is 0 Å². The van der Waals surface area contributed by atoms with E-state index in [1.165, 1.54) is 0 Å². The van der Waals surface area contributed by atoms with E-state index in [0.717, 1.165) is 11.4 Å². The van der Waals surface area contributed by atoms with Crippen molar-refractivity contribution in [1.82, 2.24) is 9.97 Å². The van der Waals surface area contributed by atoms with Crippen molar-refractivity contribution in [2.45, 2.75) is 4.08 Å². The summed E-state index contributed by atoms with van der Waals surface area (Å²) in [5.41, 5.74) is 1.55. The molecule has 0 N–H and O–H groups in total. The summed E-state index contributed by atoms with van der Waals surface area (Å²) >= 11 is 9.01. The van der Waals surface area contributed by atoms with E-state index in [4.69, 9.17) is 0 Å². The lowest BCUT2D eigenvalue weighted by atomic mass is 10.2. The maximum Gasteiger partial charge on any atom is 0.140 e. The van der Waals surface area contributed by atoms with Crippen molar-refractivity contribution in [2.75, 3.05) is 0 Å². The number of thiol groups is 2. The molecule has 0 unspecified atom stereocenters. The molecule has 0 radical (unpaired) electrons. The summed E-state index contributed by atoms with van der Waals surface area (Å²) in [4.78, 5) is 8.47. The van der Waals surface area contributed by atoms with Crippen LogP contribution in [0.3, 0.4) is 0 Å². The molecule has 4 heteroatoms. The first-order chi connectivity index (χ1) is 7.21. The van der Waals surface area contributed by atoms with Crippen LogP contribution < -0.4 is 0 Å². The van der Waals surface area contributed by atoms with Gasteiger partial charge in [0, 0.05) is 12.4 Å². The number of hydrogen-bond acceptors (Lipinski definition) is 4. The van der Waals surface area contributed by atoms with Crippen LogP contribution in [0.15, 0.2) is 48.8 Å². The van der Waals surface area contributed by atoms with Crippen LogP contribution in [0, 0.1) is 0 Å². The van der Waals surface area contributed by atoms with Crippen LogP contribution in [-0.2, 0) is 4.08 Å². The highest BCUT2D eigenvalue weighted by Gasteiger charge is 2.27. The molecule has 0 fully saturated rings. The maximum atomic E-state index is 4.50. The molecule has 0 saturated heterocycles. The molecule has 0 saturated carbocycles. The predicted octanol–water partition coefficient (Wildman–Crippen LogP) is 2.54. The first-order valence-corrected chi connectivity index (χ1v) is 5.38. The zero-order valence-electron chi connectivity index (χ0n) is 7.91. The van der Waals surface area contributed by atoms with Crippen LogP contribution >= 0.6 is 25.3 Å². The highest BCUT2D eigenvalue weighted by Crippen LogP contribution is 2.37. The average Bonchev–Trinajstić information content (AvgIpc) is 2.31.